The van der Waals surface area contributed by atoms with Gasteiger partial charge in [0.2, 0.25) is 0 Å². The minimum atomic E-state index is 0.686. The van der Waals surface area contributed by atoms with Crippen LogP contribution in [0.5, 0.6) is 0 Å². The minimum Gasteiger partial charge on any atom is -0.301 e. The highest BCUT2D eigenvalue weighted by Gasteiger charge is 2.18. The molecular formula is C19H27N3S2. The lowest BCUT2D eigenvalue weighted by atomic mass is 10.2. The maximum Gasteiger partial charge on any atom is 0.150 e. The van der Waals surface area contributed by atoms with Gasteiger partial charge in [-0.2, -0.15) is 0 Å². The van der Waals surface area contributed by atoms with E-state index in [4.69, 9.17) is 4.98 Å². The van der Waals surface area contributed by atoms with Gasteiger partial charge in [0.1, 0.15) is 0 Å². The van der Waals surface area contributed by atoms with Crippen LogP contribution < -0.4 is 0 Å². The third-order valence-electron chi connectivity index (χ3n) is 4.53. The number of thioether (sulfide) groups is 1. The van der Waals surface area contributed by atoms with E-state index in [1.54, 1.807) is 11.3 Å². The summed E-state index contributed by atoms with van der Waals surface area (Å²) in [6.07, 6.45) is 1.24. The molecule has 0 N–H and O–H groups in total. The average Bonchev–Trinajstić information content (AvgIpc) is 3.09. The van der Waals surface area contributed by atoms with Crippen molar-refractivity contribution in [3.63, 3.8) is 0 Å². The maximum atomic E-state index is 4.76. The molecule has 0 aliphatic carbocycles. The van der Waals surface area contributed by atoms with Crippen LogP contribution in [0.1, 0.15) is 20.3 Å². The molecule has 0 unspecified atom stereocenters. The van der Waals surface area contributed by atoms with Gasteiger partial charge in [0.25, 0.3) is 0 Å². The first-order valence-electron chi connectivity index (χ1n) is 8.82. The fraction of sp³-hybridized carbons (Fsp3) is 0.526. The maximum absolute atomic E-state index is 4.76. The molecule has 0 amide bonds. The zero-order valence-electron chi connectivity index (χ0n) is 14.6. The molecular weight excluding hydrogens is 334 g/mol. The summed E-state index contributed by atoms with van der Waals surface area (Å²) < 4.78 is 1.19. The van der Waals surface area contributed by atoms with Gasteiger partial charge in [-0.15, -0.1) is 11.3 Å². The third kappa shape index (κ3) is 5.06. The minimum absolute atomic E-state index is 0.686. The summed E-state index contributed by atoms with van der Waals surface area (Å²) in [7, 11) is 0. The average molecular weight is 362 g/mol. The van der Waals surface area contributed by atoms with Crippen molar-refractivity contribution in [2.24, 2.45) is 0 Å². The second kappa shape index (κ2) is 8.99. The van der Waals surface area contributed by atoms with Gasteiger partial charge in [0.05, 0.1) is 5.69 Å². The number of nitrogens with zero attached hydrogens (tertiary/aromatic N) is 3. The number of thiazole rings is 1. The predicted molar refractivity (Wildman–Crippen MR) is 106 cm³/mol. The second-order valence-electron chi connectivity index (χ2n) is 6.54. The van der Waals surface area contributed by atoms with Gasteiger partial charge in [-0.25, -0.2) is 4.98 Å². The van der Waals surface area contributed by atoms with Crippen LogP contribution in [0.3, 0.4) is 0 Å². The van der Waals surface area contributed by atoms with Crippen LogP contribution in [0.2, 0.25) is 0 Å². The van der Waals surface area contributed by atoms with Crippen molar-refractivity contribution in [3.05, 3.63) is 35.7 Å². The first-order chi connectivity index (χ1) is 11.7. The number of hydrogen-bond acceptors (Lipinski definition) is 5. The van der Waals surface area contributed by atoms with Crippen LogP contribution in [0.4, 0.5) is 0 Å². The Balaban J connectivity index is 1.36. The molecule has 1 aromatic carbocycles. The van der Waals surface area contributed by atoms with Crippen LogP contribution in [0.15, 0.2) is 40.1 Å². The highest BCUT2D eigenvalue weighted by molar-refractivity contribution is 8.01. The van der Waals surface area contributed by atoms with Gasteiger partial charge in [0.15, 0.2) is 4.34 Å². The Kier molecular flexibility index (Phi) is 6.72. The summed E-state index contributed by atoms with van der Waals surface area (Å²) in [5.74, 6) is 1.16. The Hall–Kier alpha value is -0.880. The lowest BCUT2D eigenvalue weighted by molar-refractivity contribution is 0.109. The Morgan fingerprint density at radius 1 is 1.12 bits per heavy atom. The van der Waals surface area contributed by atoms with E-state index in [1.165, 1.54) is 49.0 Å². The Bertz CT molecular complexity index is 604. The van der Waals surface area contributed by atoms with E-state index in [-0.39, 0.29) is 0 Å². The first kappa shape index (κ1) is 17.9. The molecule has 2 aromatic rings. The molecule has 1 aliphatic rings. The van der Waals surface area contributed by atoms with Gasteiger partial charge in [-0.1, -0.05) is 42.1 Å². The summed E-state index contributed by atoms with van der Waals surface area (Å²) in [4.78, 5) is 9.94. The van der Waals surface area contributed by atoms with E-state index in [0.29, 0.717) is 6.04 Å². The fourth-order valence-corrected chi connectivity index (χ4v) is 4.85. The molecule has 1 saturated heterocycles. The second-order valence-corrected chi connectivity index (χ2v) is 8.74. The summed E-state index contributed by atoms with van der Waals surface area (Å²) in [6, 6.07) is 11.1. The molecule has 0 bridgehead atoms. The van der Waals surface area contributed by atoms with E-state index < -0.39 is 0 Å². The van der Waals surface area contributed by atoms with E-state index >= 15 is 0 Å². The quantitative estimate of drug-likeness (QED) is 0.540. The Morgan fingerprint density at radius 2 is 1.88 bits per heavy atom. The Morgan fingerprint density at radius 3 is 2.58 bits per heavy atom. The smallest absolute Gasteiger partial charge is 0.150 e. The van der Waals surface area contributed by atoms with E-state index in [9.17, 15) is 0 Å². The van der Waals surface area contributed by atoms with E-state index in [0.717, 1.165) is 11.4 Å². The predicted octanol–water partition coefficient (Wildman–Crippen LogP) is 4.32. The van der Waals surface area contributed by atoms with Gasteiger partial charge in [-0.05, 0) is 26.8 Å². The molecule has 0 saturated carbocycles. The third-order valence-corrected chi connectivity index (χ3v) is 6.64. The largest absolute Gasteiger partial charge is 0.301 e. The summed E-state index contributed by atoms with van der Waals surface area (Å²) in [5.41, 5.74) is 2.32. The van der Waals surface area contributed by atoms with Crippen LogP contribution >= 0.6 is 23.1 Å². The molecule has 1 fully saturated rings. The number of aromatic nitrogens is 1. The summed E-state index contributed by atoms with van der Waals surface area (Å²) >= 11 is 3.67. The van der Waals surface area contributed by atoms with E-state index in [2.05, 4.69) is 53.3 Å². The molecule has 5 heteroatoms. The highest BCUT2D eigenvalue weighted by atomic mass is 32.2. The van der Waals surface area contributed by atoms with Gasteiger partial charge < -0.3 is 4.90 Å². The van der Waals surface area contributed by atoms with Crippen LogP contribution in [0, 0.1) is 0 Å². The van der Waals surface area contributed by atoms with Crippen LogP contribution in [-0.4, -0.2) is 59.3 Å². The normalized spacial score (nSPS) is 16.8. The van der Waals surface area contributed by atoms with Crippen molar-refractivity contribution in [1.82, 2.24) is 14.8 Å². The molecule has 0 spiro atoms. The lowest BCUT2D eigenvalue weighted by Gasteiger charge is -2.36. The number of piperazine rings is 1. The molecule has 2 heterocycles. The van der Waals surface area contributed by atoms with Crippen molar-refractivity contribution < 1.29 is 0 Å². The number of benzene rings is 1. The van der Waals surface area contributed by atoms with Crippen molar-refractivity contribution in [2.45, 2.75) is 30.6 Å². The molecule has 0 atom stereocenters. The zero-order valence-corrected chi connectivity index (χ0v) is 16.3. The zero-order chi connectivity index (χ0) is 16.8. The lowest BCUT2D eigenvalue weighted by Crippen LogP contribution is -2.48. The Labute approximate surface area is 154 Å². The fourth-order valence-electron chi connectivity index (χ4n) is 3.02. The van der Waals surface area contributed by atoms with E-state index in [1.807, 2.05) is 17.8 Å². The summed E-state index contributed by atoms with van der Waals surface area (Å²) in [5, 5.41) is 2.17. The van der Waals surface area contributed by atoms with Crippen molar-refractivity contribution in [1.29, 1.82) is 0 Å². The molecule has 24 heavy (non-hydrogen) atoms. The molecule has 1 aliphatic heterocycles. The molecule has 1 aromatic heterocycles. The first-order valence-corrected chi connectivity index (χ1v) is 10.7. The van der Waals surface area contributed by atoms with Gasteiger partial charge >= 0.3 is 0 Å². The van der Waals surface area contributed by atoms with Gasteiger partial charge in [-0.3, -0.25) is 4.90 Å². The molecule has 130 valence electrons. The van der Waals surface area contributed by atoms with Crippen molar-refractivity contribution >= 4 is 23.1 Å². The molecule has 0 radical (unpaired) electrons. The highest BCUT2D eigenvalue weighted by Crippen LogP contribution is 2.28. The van der Waals surface area contributed by atoms with Gasteiger partial charge in [0, 0.05) is 48.9 Å². The molecule has 3 rings (SSSR count). The SMILES string of the molecule is CC(C)N1CCN(CCCSc2nc(-c3ccccc3)cs2)CC1. The van der Waals surface area contributed by atoms with Crippen LogP contribution in [0.25, 0.3) is 11.3 Å². The topological polar surface area (TPSA) is 19.4 Å². The summed E-state index contributed by atoms with van der Waals surface area (Å²) in [6.45, 7) is 10.7. The molecule has 3 nitrogen and oxygen atoms in total. The van der Waals surface area contributed by atoms with Crippen molar-refractivity contribution in [2.75, 3.05) is 38.5 Å². The van der Waals surface area contributed by atoms with Crippen molar-refractivity contribution in [3.8, 4) is 11.3 Å². The monoisotopic (exact) mass is 361 g/mol. The van der Waals surface area contributed by atoms with Crippen LogP contribution in [-0.2, 0) is 0 Å². The number of hydrogen-bond donors (Lipinski definition) is 0. The standard InChI is InChI=1S/C19H27N3S2/c1-16(2)22-12-10-21(11-13-22)9-6-14-23-19-20-18(15-24-19)17-7-4-3-5-8-17/h3-5,7-8,15-16H,6,9-14H2,1-2H3. The number of rotatable bonds is 7.